The zero-order chi connectivity index (χ0) is 16.7. The van der Waals surface area contributed by atoms with Gasteiger partial charge in [-0.1, -0.05) is 48.0 Å². The molecule has 0 saturated heterocycles. The lowest BCUT2D eigenvalue weighted by molar-refractivity contribution is -0.130. The van der Waals surface area contributed by atoms with Gasteiger partial charge in [0.2, 0.25) is 11.8 Å². The Kier molecular flexibility index (Phi) is 7.55. The molecule has 1 atom stereocenters. The van der Waals surface area contributed by atoms with Crippen LogP contribution >= 0.6 is 15.9 Å². The van der Waals surface area contributed by atoms with E-state index in [1.54, 1.807) is 11.9 Å². The summed E-state index contributed by atoms with van der Waals surface area (Å²) in [5.41, 5.74) is 6.79. The molecule has 1 rings (SSSR count). The topological polar surface area (TPSA) is 75.4 Å². The lowest BCUT2D eigenvalue weighted by Gasteiger charge is -2.19. The van der Waals surface area contributed by atoms with E-state index in [0.717, 1.165) is 10.0 Å². The smallest absolute Gasteiger partial charge is 0.237 e. The minimum Gasteiger partial charge on any atom is -0.354 e. The van der Waals surface area contributed by atoms with E-state index in [-0.39, 0.29) is 24.2 Å². The first-order valence-corrected chi connectivity index (χ1v) is 8.13. The molecule has 0 spiro atoms. The van der Waals surface area contributed by atoms with Gasteiger partial charge in [-0.05, 0) is 17.5 Å². The maximum absolute atomic E-state index is 12.1. The van der Waals surface area contributed by atoms with E-state index < -0.39 is 6.04 Å². The molecule has 0 radical (unpaired) electrons. The first-order valence-electron chi connectivity index (χ1n) is 7.33. The highest BCUT2D eigenvalue weighted by Crippen LogP contribution is 2.17. The molecule has 0 aliphatic carbocycles. The second-order valence-electron chi connectivity index (χ2n) is 5.65. The molecule has 5 nitrogen and oxygen atoms in total. The summed E-state index contributed by atoms with van der Waals surface area (Å²) in [6.45, 7) is 4.61. The van der Waals surface area contributed by atoms with E-state index in [0.29, 0.717) is 13.1 Å². The highest BCUT2D eigenvalue weighted by atomic mass is 79.9. The SMILES string of the molecule is CC(C)[C@H](N)C(=O)NCCC(=O)N(C)Cc1ccccc1Br. The fourth-order valence-corrected chi connectivity index (χ4v) is 2.28. The number of amides is 2. The summed E-state index contributed by atoms with van der Waals surface area (Å²) < 4.78 is 0.978. The average Bonchev–Trinajstić information content (AvgIpc) is 2.48. The maximum atomic E-state index is 12.1. The monoisotopic (exact) mass is 369 g/mol. The van der Waals surface area contributed by atoms with E-state index >= 15 is 0 Å². The molecule has 0 aromatic heterocycles. The Balaban J connectivity index is 2.39. The number of hydrogen-bond acceptors (Lipinski definition) is 3. The van der Waals surface area contributed by atoms with Gasteiger partial charge in [0.05, 0.1) is 6.04 Å². The summed E-state index contributed by atoms with van der Waals surface area (Å²) in [6, 6.07) is 7.25. The number of nitrogens with one attached hydrogen (secondary N) is 1. The molecule has 0 heterocycles. The first kappa shape index (κ1) is 18.6. The Hall–Kier alpha value is -1.40. The maximum Gasteiger partial charge on any atom is 0.237 e. The van der Waals surface area contributed by atoms with Crippen LogP contribution in [0.1, 0.15) is 25.8 Å². The Morgan fingerprint density at radius 3 is 2.55 bits per heavy atom. The lowest BCUT2D eigenvalue weighted by atomic mass is 10.1. The van der Waals surface area contributed by atoms with Crippen molar-refractivity contribution in [2.75, 3.05) is 13.6 Å². The predicted molar refractivity (Wildman–Crippen MR) is 91.1 cm³/mol. The second kappa shape index (κ2) is 8.90. The van der Waals surface area contributed by atoms with Crippen molar-refractivity contribution in [2.45, 2.75) is 32.9 Å². The Bertz CT molecular complexity index is 520. The van der Waals surface area contributed by atoms with E-state index in [9.17, 15) is 9.59 Å². The van der Waals surface area contributed by atoms with Crippen LogP contribution < -0.4 is 11.1 Å². The number of halogens is 1. The van der Waals surface area contributed by atoms with Crippen LogP contribution in [0.3, 0.4) is 0 Å². The van der Waals surface area contributed by atoms with Crippen molar-refractivity contribution >= 4 is 27.7 Å². The number of carbonyl (C=O) groups excluding carboxylic acids is 2. The van der Waals surface area contributed by atoms with Crippen molar-refractivity contribution in [3.05, 3.63) is 34.3 Å². The third-order valence-corrected chi connectivity index (χ3v) is 4.22. The van der Waals surface area contributed by atoms with Crippen LogP contribution in [-0.4, -0.2) is 36.3 Å². The molecular weight excluding hydrogens is 346 g/mol. The van der Waals surface area contributed by atoms with Crippen LogP contribution in [0, 0.1) is 5.92 Å². The van der Waals surface area contributed by atoms with Crippen molar-refractivity contribution in [2.24, 2.45) is 11.7 Å². The van der Waals surface area contributed by atoms with Crippen molar-refractivity contribution in [1.82, 2.24) is 10.2 Å². The first-order chi connectivity index (χ1) is 10.3. The van der Waals surface area contributed by atoms with Crippen LogP contribution in [0.4, 0.5) is 0 Å². The summed E-state index contributed by atoms with van der Waals surface area (Å²) in [5, 5.41) is 2.70. The van der Waals surface area contributed by atoms with Crippen LogP contribution in [0.2, 0.25) is 0 Å². The molecular formula is C16H24BrN3O2. The van der Waals surface area contributed by atoms with Crippen molar-refractivity contribution in [3.8, 4) is 0 Å². The number of nitrogens with two attached hydrogens (primary N) is 1. The molecule has 0 bridgehead atoms. The van der Waals surface area contributed by atoms with Gasteiger partial charge in [-0.15, -0.1) is 0 Å². The molecule has 0 saturated carbocycles. The molecule has 0 aliphatic heterocycles. The third kappa shape index (κ3) is 5.77. The number of nitrogens with zero attached hydrogens (tertiary/aromatic N) is 1. The number of carbonyl (C=O) groups is 2. The van der Waals surface area contributed by atoms with Crippen molar-refractivity contribution in [1.29, 1.82) is 0 Å². The Morgan fingerprint density at radius 1 is 1.32 bits per heavy atom. The van der Waals surface area contributed by atoms with Gasteiger partial charge in [0.1, 0.15) is 0 Å². The Morgan fingerprint density at radius 2 is 1.95 bits per heavy atom. The molecule has 0 unspecified atom stereocenters. The second-order valence-corrected chi connectivity index (χ2v) is 6.51. The standard InChI is InChI=1S/C16H24BrN3O2/c1-11(2)15(18)16(22)19-9-8-14(21)20(3)10-12-6-4-5-7-13(12)17/h4-7,11,15H,8-10,18H2,1-3H3,(H,19,22)/t15-/m0/s1. The minimum atomic E-state index is -0.534. The molecule has 6 heteroatoms. The third-order valence-electron chi connectivity index (χ3n) is 3.45. The fourth-order valence-electron chi connectivity index (χ4n) is 1.87. The zero-order valence-corrected chi connectivity index (χ0v) is 14.9. The van der Waals surface area contributed by atoms with Gasteiger partial charge >= 0.3 is 0 Å². The molecule has 0 fully saturated rings. The molecule has 3 N–H and O–H groups in total. The van der Waals surface area contributed by atoms with Gasteiger partial charge in [0.15, 0.2) is 0 Å². The summed E-state index contributed by atoms with van der Waals surface area (Å²) >= 11 is 3.47. The van der Waals surface area contributed by atoms with E-state index in [1.165, 1.54) is 0 Å². The highest BCUT2D eigenvalue weighted by Gasteiger charge is 2.17. The summed E-state index contributed by atoms with van der Waals surface area (Å²) in [4.78, 5) is 25.4. The number of rotatable bonds is 7. The van der Waals surface area contributed by atoms with Crippen LogP contribution in [-0.2, 0) is 16.1 Å². The number of benzene rings is 1. The largest absolute Gasteiger partial charge is 0.354 e. The minimum absolute atomic E-state index is 0.0193. The van der Waals surface area contributed by atoms with Gasteiger partial charge in [-0.25, -0.2) is 0 Å². The van der Waals surface area contributed by atoms with Crippen molar-refractivity contribution in [3.63, 3.8) is 0 Å². The van der Waals surface area contributed by atoms with Gasteiger partial charge < -0.3 is 16.0 Å². The summed E-state index contributed by atoms with van der Waals surface area (Å²) in [6.07, 6.45) is 0.261. The normalized spacial score (nSPS) is 12.1. The molecule has 22 heavy (non-hydrogen) atoms. The van der Waals surface area contributed by atoms with Crippen LogP contribution in [0.25, 0.3) is 0 Å². The fraction of sp³-hybridized carbons (Fsp3) is 0.500. The van der Waals surface area contributed by atoms with Gasteiger partial charge in [-0.3, -0.25) is 9.59 Å². The Labute approximate surface area is 140 Å². The zero-order valence-electron chi connectivity index (χ0n) is 13.3. The molecule has 122 valence electrons. The summed E-state index contributed by atoms with van der Waals surface area (Å²) in [5.74, 6) is -0.153. The van der Waals surface area contributed by atoms with Gasteiger partial charge in [0, 0.05) is 31.0 Å². The molecule has 1 aromatic carbocycles. The van der Waals surface area contributed by atoms with Crippen LogP contribution in [0.15, 0.2) is 28.7 Å². The van der Waals surface area contributed by atoms with Crippen molar-refractivity contribution < 1.29 is 9.59 Å². The molecule has 1 aromatic rings. The van der Waals surface area contributed by atoms with E-state index in [4.69, 9.17) is 5.73 Å². The lowest BCUT2D eigenvalue weighted by Crippen LogP contribution is -2.44. The number of hydrogen-bond donors (Lipinski definition) is 2. The quantitative estimate of drug-likeness (QED) is 0.770. The molecule has 2 amide bonds. The van der Waals surface area contributed by atoms with Crippen LogP contribution in [0.5, 0.6) is 0 Å². The van der Waals surface area contributed by atoms with E-state index in [1.807, 2.05) is 38.1 Å². The molecule has 0 aliphatic rings. The summed E-state index contributed by atoms with van der Waals surface area (Å²) in [7, 11) is 1.75. The highest BCUT2D eigenvalue weighted by molar-refractivity contribution is 9.10. The van der Waals surface area contributed by atoms with Gasteiger partial charge in [-0.2, -0.15) is 0 Å². The average molecular weight is 370 g/mol. The predicted octanol–water partition coefficient (Wildman–Crippen LogP) is 1.90. The van der Waals surface area contributed by atoms with E-state index in [2.05, 4.69) is 21.2 Å². The van der Waals surface area contributed by atoms with Gasteiger partial charge in [0.25, 0.3) is 0 Å².